The molecule has 210 valence electrons. The molecule has 1 saturated carbocycles. The van der Waals surface area contributed by atoms with Crippen molar-refractivity contribution >= 4 is 57.7 Å². The predicted molar refractivity (Wildman–Crippen MR) is 148 cm³/mol. The topological polar surface area (TPSA) is 134 Å². The molecule has 2 fully saturated rings. The molecular formula is C28H30ClN5O6. The number of benzene rings is 1. The van der Waals surface area contributed by atoms with Gasteiger partial charge in [-0.15, -0.1) is 0 Å². The van der Waals surface area contributed by atoms with Gasteiger partial charge in [0.2, 0.25) is 17.6 Å². The molecular weight excluding hydrogens is 538 g/mol. The van der Waals surface area contributed by atoms with E-state index in [1.807, 2.05) is 4.90 Å². The molecule has 4 amide bonds. The Labute approximate surface area is 235 Å². The number of nitrogens with one attached hydrogen (secondary N) is 2. The van der Waals surface area contributed by atoms with Crippen LogP contribution in [-0.4, -0.2) is 78.3 Å². The van der Waals surface area contributed by atoms with Gasteiger partial charge in [-0.25, -0.2) is 4.98 Å². The van der Waals surface area contributed by atoms with E-state index in [0.29, 0.717) is 54.8 Å². The number of hydrogen-bond acceptors (Lipinski definition) is 7. The molecule has 1 aliphatic heterocycles. The summed E-state index contributed by atoms with van der Waals surface area (Å²) in [4.78, 5) is 59.5. The standard InChI is InChI=1S/C28H30ClN5O6/c1-33(2)28(38)19-4-3-5-20-23(19)24(25(40-20)27(37)31-21-11-8-17(29)14-30-21)32-26(36)16-6-9-18(10-7-16)34-12-13-39-15-22(34)35/h3-5,8,11,14,16,18H,6-7,9-10,12-13,15H2,1-2H3,(H,32,36)(H,30,31,37)/t16-,18-. The minimum absolute atomic E-state index is 0.0204. The van der Waals surface area contributed by atoms with Gasteiger partial charge in [-0.1, -0.05) is 17.7 Å². The lowest BCUT2D eigenvalue weighted by Gasteiger charge is -2.38. The fourth-order valence-corrected chi connectivity index (χ4v) is 5.37. The van der Waals surface area contributed by atoms with Gasteiger partial charge in [0, 0.05) is 38.8 Å². The number of amides is 4. The van der Waals surface area contributed by atoms with Gasteiger partial charge in [0.25, 0.3) is 11.8 Å². The summed E-state index contributed by atoms with van der Waals surface area (Å²) in [6.07, 6.45) is 3.94. The number of anilines is 2. The number of carbonyl (C=O) groups is 4. The van der Waals surface area contributed by atoms with E-state index in [1.54, 1.807) is 44.4 Å². The Hall–Kier alpha value is -3.96. The van der Waals surface area contributed by atoms with Gasteiger partial charge in [-0.05, 0) is 49.9 Å². The average molecular weight is 568 g/mol. The van der Waals surface area contributed by atoms with Crippen LogP contribution >= 0.6 is 11.6 Å². The van der Waals surface area contributed by atoms with Gasteiger partial charge < -0.3 is 29.6 Å². The Morgan fingerprint density at radius 3 is 2.52 bits per heavy atom. The van der Waals surface area contributed by atoms with Crippen LogP contribution in [0.2, 0.25) is 5.02 Å². The Morgan fingerprint density at radius 1 is 1.07 bits per heavy atom. The van der Waals surface area contributed by atoms with Crippen LogP contribution in [0.3, 0.4) is 0 Å². The first kappa shape index (κ1) is 27.6. The minimum Gasteiger partial charge on any atom is -0.449 e. The molecule has 2 N–H and O–H groups in total. The van der Waals surface area contributed by atoms with E-state index < -0.39 is 5.91 Å². The summed E-state index contributed by atoms with van der Waals surface area (Å²) in [6.45, 7) is 1.17. The van der Waals surface area contributed by atoms with Crippen LogP contribution in [0.1, 0.15) is 46.6 Å². The van der Waals surface area contributed by atoms with Crippen LogP contribution in [0.15, 0.2) is 40.9 Å². The van der Waals surface area contributed by atoms with Crippen LogP contribution in [-0.2, 0) is 14.3 Å². The summed E-state index contributed by atoms with van der Waals surface area (Å²) in [5.74, 6) is -1.47. The van der Waals surface area contributed by atoms with Crippen LogP contribution < -0.4 is 10.6 Å². The number of furan rings is 1. The number of morpholine rings is 1. The van der Waals surface area contributed by atoms with Crippen molar-refractivity contribution in [3.63, 3.8) is 0 Å². The molecule has 2 aliphatic rings. The number of rotatable bonds is 6. The Kier molecular flexibility index (Phi) is 8.04. The van der Waals surface area contributed by atoms with Crippen molar-refractivity contribution in [2.45, 2.75) is 31.7 Å². The highest BCUT2D eigenvalue weighted by atomic mass is 35.5. The quantitative estimate of drug-likeness (QED) is 0.463. The van der Waals surface area contributed by atoms with Gasteiger partial charge in [-0.2, -0.15) is 0 Å². The van der Waals surface area contributed by atoms with Crippen LogP contribution in [0.5, 0.6) is 0 Å². The Bertz CT molecular complexity index is 1450. The molecule has 1 saturated heterocycles. The molecule has 0 spiro atoms. The number of aromatic nitrogens is 1. The van der Waals surface area contributed by atoms with Gasteiger partial charge in [0.1, 0.15) is 23.7 Å². The molecule has 0 atom stereocenters. The summed E-state index contributed by atoms with van der Waals surface area (Å²) >= 11 is 5.91. The third-order valence-corrected chi connectivity index (χ3v) is 7.53. The van der Waals surface area contributed by atoms with Gasteiger partial charge >= 0.3 is 0 Å². The Morgan fingerprint density at radius 2 is 1.85 bits per heavy atom. The fraction of sp³-hybridized carbons (Fsp3) is 0.393. The number of fused-ring (bicyclic) bond motifs is 1. The smallest absolute Gasteiger partial charge is 0.294 e. The number of hydrogen-bond donors (Lipinski definition) is 2. The highest BCUT2D eigenvalue weighted by Gasteiger charge is 2.34. The summed E-state index contributed by atoms with van der Waals surface area (Å²) in [6, 6.07) is 8.13. The van der Waals surface area contributed by atoms with Gasteiger partial charge in [-0.3, -0.25) is 19.2 Å². The summed E-state index contributed by atoms with van der Waals surface area (Å²) in [5, 5.41) is 6.33. The van der Waals surface area contributed by atoms with Crippen molar-refractivity contribution in [1.82, 2.24) is 14.8 Å². The molecule has 11 nitrogen and oxygen atoms in total. The van der Waals surface area contributed by atoms with Gasteiger partial charge in [0.15, 0.2) is 0 Å². The lowest BCUT2D eigenvalue weighted by atomic mass is 9.84. The SMILES string of the molecule is CN(C)C(=O)c1cccc2oc(C(=O)Nc3ccc(Cl)cn3)c(NC(=O)[C@H]3CC[C@H](N4CCOCC4=O)CC3)c12. The number of ether oxygens (including phenoxy) is 1. The Balaban J connectivity index is 1.42. The molecule has 12 heteroatoms. The molecule has 1 aliphatic carbocycles. The zero-order valence-corrected chi connectivity index (χ0v) is 23.0. The molecule has 40 heavy (non-hydrogen) atoms. The minimum atomic E-state index is -0.640. The highest BCUT2D eigenvalue weighted by molar-refractivity contribution is 6.30. The second-order valence-corrected chi connectivity index (χ2v) is 10.6. The van der Waals surface area contributed by atoms with E-state index >= 15 is 0 Å². The van der Waals surface area contributed by atoms with Crippen molar-refractivity contribution in [1.29, 1.82) is 0 Å². The molecule has 5 rings (SSSR count). The number of halogens is 1. The largest absolute Gasteiger partial charge is 0.449 e. The van der Waals surface area contributed by atoms with E-state index in [2.05, 4.69) is 15.6 Å². The van der Waals surface area contributed by atoms with Crippen molar-refractivity contribution in [3.05, 3.63) is 52.9 Å². The summed E-state index contributed by atoms with van der Waals surface area (Å²) in [7, 11) is 3.24. The molecule has 0 unspecified atom stereocenters. The van der Waals surface area contributed by atoms with E-state index in [-0.39, 0.29) is 59.1 Å². The molecule has 1 aromatic carbocycles. The van der Waals surface area contributed by atoms with Crippen LogP contribution in [0.4, 0.5) is 11.5 Å². The first-order chi connectivity index (χ1) is 19.2. The normalized spacial score (nSPS) is 19.4. The van der Waals surface area contributed by atoms with Crippen molar-refractivity contribution < 1.29 is 28.3 Å². The number of nitrogens with zero attached hydrogens (tertiary/aromatic N) is 3. The average Bonchev–Trinajstić information content (AvgIpc) is 3.32. The molecule has 0 radical (unpaired) electrons. The second-order valence-electron chi connectivity index (χ2n) is 10.1. The van der Waals surface area contributed by atoms with E-state index in [0.717, 1.165) is 0 Å². The lowest BCUT2D eigenvalue weighted by Crippen LogP contribution is -2.49. The maximum atomic E-state index is 13.5. The second kappa shape index (κ2) is 11.6. The number of carbonyl (C=O) groups excluding carboxylic acids is 4. The molecule has 3 aromatic rings. The molecule has 3 heterocycles. The lowest BCUT2D eigenvalue weighted by molar-refractivity contribution is -0.146. The van der Waals surface area contributed by atoms with E-state index in [1.165, 1.54) is 11.1 Å². The van der Waals surface area contributed by atoms with Crippen LogP contribution in [0, 0.1) is 5.92 Å². The number of pyridine rings is 1. The highest BCUT2D eigenvalue weighted by Crippen LogP contribution is 2.36. The maximum Gasteiger partial charge on any atom is 0.294 e. The fourth-order valence-electron chi connectivity index (χ4n) is 5.26. The van der Waals surface area contributed by atoms with Crippen molar-refractivity contribution in [2.75, 3.05) is 44.5 Å². The van der Waals surface area contributed by atoms with Crippen LogP contribution in [0.25, 0.3) is 11.0 Å². The summed E-state index contributed by atoms with van der Waals surface area (Å²) in [5.41, 5.74) is 0.703. The monoisotopic (exact) mass is 567 g/mol. The maximum absolute atomic E-state index is 13.5. The molecule has 2 aromatic heterocycles. The third kappa shape index (κ3) is 5.66. The predicted octanol–water partition coefficient (Wildman–Crippen LogP) is 3.79. The van der Waals surface area contributed by atoms with Gasteiger partial charge in [0.05, 0.1) is 22.6 Å². The van der Waals surface area contributed by atoms with Crippen molar-refractivity contribution in [3.8, 4) is 0 Å². The first-order valence-electron chi connectivity index (χ1n) is 13.1. The first-order valence-corrected chi connectivity index (χ1v) is 13.5. The van der Waals surface area contributed by atoms with E-state index in [9.17, 15) is 19.2 Å². The molecule has 0 bridgehead atoms. The zero-order valence-electron chi connectivity index (χ0n) is 22.2. The zero-order chi connectivity index (χ0) is 28.4. The summed E-state index contributed by atoms with van der Waals surface area (Å²) < 4.78 is 11.2. The van der Waals surface area contributed by atoms with Crippen molar-refractivity contribution in [2.24, 2.45) is 5.92 Å². The third-order valence-electron chi connectivity index (χ3n) is 7.31. The van der Waals surface area contributed by atoms with E-state index in [4.69, 9.17) is 20.8 Å².